The van der Waals surface area contributed by atoms with Crippen LogP contribution in [0.5, 0.6) is 0 Å². The molecule has 3 N–H and O–H groups in total. The third-order valence-corrected chi connectivity index (χ3v) is 8.99. The smallest absolute Gasteiger partial charge is 0.387 e. The fourth-order valence-corrected chi connectivity index (χ4v) is 5.77. The van der Waals surface area contributed by atoms with Crippen molar-refractivity contribution >= 4 is 13.7 Å². The summed E-state index contributed by atoms with van der Waals surface area (Å²) in [6.45, 7) is 4.74. The Kier molecular flexibility index (Phi) is 28.0. The van der Waals surface area contributed by atoms with Gasteiger partial charge in [0.25, 0.3) is 0 Å². The van der Waals surface area contributed by atoms with Crippen LogP contribution in [0.15, 0.2) is 12.2 Å². The van der Waals surface area contributed by atoms with E-state index in [4.69, 9.17) is 9.05 Å². The highest BCUT2D eigenvalue weighted by Gasteiger charge is 2.27. The molecule has 0 aliphatic carbocycles. The molecule has 3 atom stereocenters. The molecule has 0 fully saturated rings. The van der Waals surface area contributed by atoms with Crippen LogP contribution in [0.3, 0.4) is 0 Å². The summed E-state index contributed by atoms with van der Waals surface area (Å²) in [6.07, 6.45) is 28.6. The molecule has 0 aliphatic heterocycles. The average molecular weight is 648 g/mol. The van der Waals surface area contributed by atoms with Gasteiger partial charge in [-0.1, -0.05) is 142 Å². The van der Waals surface area contributed by atoms with E-state index in [2.05, 4.69) is 19.2 Å². The van der Waals surface area contributed by atoms with Gasteiger partial charge in [0.2, 0.25) is 5.91 Å². The zero-order valence-electron chi connectivity index (χ0n) is 29.4. The summed E-state index contributed by atoms with van der Waals surface area (Å²) in [5, 5.41) is 13.6. The van der Waals surface area contributed by atoms with E-state index < -0.39 is 20.0 Å². The van der Waals surface area contributed by atoms with Crippen LogP contribution in [-0.4, -0.2) is 73.4 Å². The predicted molar refractivity (Wildman–Crippen MR) is 185 cm³/mol. The van der Waals surface area contributed by atoms with Gasteiger partial charge in [0.1, 0.15) is 13.2 Å². The third-order valence-electron chi connectivity index (χ3n) is 8.01. The van der Waals surface area contributed by atoms with Crippen molar-refractivity contribution in [3.05, 3.63) is 12.2 Å². The summed E-state index contributed by atoms with van der Waals surface area (Å²) in [7, 11) is 1.57. The second-order valence-corrected chi connectivity index (χ2v) is 15.1. The largest absolute Gasteiger partial charge is 0.472 e. The summed E-state index contributed by atoms with van der Waals surface area (Å²) in [4.78, 5) is 22.8. The first-order valence-electron chi connectivity index (χ1n) is 18.1. The highest BCUT2D eigenvalue weighted by atomic mass is 31.2. The summed E-state index contributed by atoms with van der Waals surface area (Å²) in [5.74, 6) is -0.181. The minimum atomic E-state index is -4.31. The molecule has 0 aliphatic rings. The van der Waals surface area contributed by atoms with Crippen LogP contribution >= 0.6 is 7.82 Å². The number of aliphatic hydroxyl groups excluding tert-OH is 1. The van der Waals surface area contributed by atoms with Crippen molar-refractivity contribution in [1.29, 1.82) is 0 Å². The summed E-state index contributed by atoms with van der Waals surface area (Å²) < 4.78 is 23.3. The number of hydrogen-bond donors (Lipinski definition) is 3. The second-order valence-electron chi connectivity index (χ2n) is 13.6. The van der Waals surface area contributed by atoms with Crippen molar-refractivity contribution in [2.45, 2.75) is 167 Å². The Balaban J connectivity index is 4.41. The highest BCUT2D eigenvalue weighted by Crippen LogP contribution is 2.43. The number of quaternary nitrogens is 1. The zero-order valence-corrected chi connectivity index (χ0v) is 30.3. The molecule has 3 unspecified atom stereocenters. The maximum atomic E-state index is 12.7. The van der Waals surface area contributed by atoms with E-state index in [0.717, 1.165) is 38.5 Å². The average Bonchev–Trinajstić information content (AvgIpc) is 2.95. The first-order valence-corrected chi connectivity index (χ1v) is 19.6. The molecule has 9 heteroatoms. The molecule has 0 bridgehead atoms. The number of aliphatic hydroxyl groups is 1. The van der Waals surface area contributed by atoms with Gasteiger partial charge in [-0.05, 0) is 19.3 Å². The van der Waals surface area contributed by atoms with E-state index >= 15 is 0 Å². The van der Waals surface area contributed by atoms with E-state index in [9.17, 15) is 19.4 Å². The lowest BCUT2D eigenvalue weighted by atomic mass is 10.0. The van der Waals surface area contributed by atoms with Gasteiger partial charge in [0.05, 0.1) is 39.9 Å². The molecule has 0 aromatic carbocycles. The number of nitrogens with zero attached hydrogens (tertiary/aromatic N) is 1. The molecule has 1 amide bonds. The standard InChI is InChI=1S/C35H71N2O6P/c1-6-8-10-12-14-15-16-17-18-19-20-21-23-25-27-29-35(39)36-33(34(38)28-26-24-22-13-11-9-7-2)32-43-44(40,41)42-31-30-37(3,4)5/h26,28,33-34,38H,6-25,27,29-32H2,1-5H3,(H-,36,39,40,41)/p+1/b28-26+. The molecule has 0 saturated heterocycles. The van der Waals surface area contributed by atoms with Gasteiger partial charge in [-0.3, -0.25) is 13.8 Å². The highest BCUT2D eigenvalue weighted by molar-refractivity contribution is 7.47. The van der Waals surface area contributed by atoms with E-state index in [0.29, 0.717) is 17.4 Å². The summed E-state index contributed by atoms with van der Waals surface area (Å²) in [6, 6.07) is -0.836. The summed E-state index contributed by atoms with van der Waals surface area (Å²) >= 11 is 0. The van der Waals surface area contributed by atoms with Crippen LogP contribution in [0.2, 0.25) is 0 Å². The molecule has 44 heavy (non-hydrogen) atoms. The number of hydrogen-bond acceptors (Lipinski definition) is 5. The number of phosphoric ester groups is 1. The van der Waals surface area contributed by atoms with Crippen molar-refractivity contribution in [2.75, 3.05) is 40.9 Å². The number of unbranched alkanes of at least 4 members (excludes halogenated alkanes) is 19. The molecule has 8 nitrogen and oxygen atoms in total. The molecule has 0 aromatic heterocycles. The van der Waals surface area contributed by atoms with E-state index in [1.54, 1.807) is 6.08 Å². The lowest BCUT2D eigenvalue weighted by molar-refractivity contribution is -0.870. The lowest BCUT2D eigenvalue weighted by Gasteiger charge is -2.25. The number of likely N-dealkylation sites (N-methyl/N-ethyl adjacent to an activating group) is 1. The van der Waals surface area contributed by atoms with Gasteiger partial charge >= 0.3 is 7.82 Å². The van der Waals surface area contributed by atoms with Gasteiger partial charge in [0, 0.05) is 6.42 Å². The molecular weight excluding hydrogens is 575 g/mol. The molecule has 0 radical (unpaired) electrons. The van der Waals surface area contributed by atoms with Crippen LogP contribution in [-0.2, 0) is 18.4 Å². The predicted octanol–water partition coefficient (Wildman–Crippen LogP) is 8.85. The van der Waals surface area contributed by atoms with E-state index in [-0.39, 0.29) is 19.1 Å². The molecular formula is C35H72N2O6P+. The van der Waals surface area contributed by atoms with E-state index in [1.807, 2.05) is 27.2 Å². The molecule has 0 aromatic rings. The van der Waals surface area contributed by atoms with Crippen molar-refractivity contribution in [2.24, 2.45) is 0 Å². The van der Waals surface area contributed by atoms with Crippen LogP contribution in [0, 0.1) is 0 Å². The van der Waals surface area contributed by atoms with Gasteiger partial charge < -0.3 is 19.8 Å². The number of allylic oxidation sites excluding steroid dienone is 1. The number of phosphoric acid groups is 1. The van der Waals surface area contributed by atoms with Crippen LogP contribution in [0.4, 0.5) is 0 Å². The Labute approximate surface area is 272 Å². The fourth-order valence-electron chi connectivity index (χ4n) is 5.04. The zero-order chi connectivity index (χ0) is 32.9. The van der Waals surface area contributed by atoms with Gasteiger partial charge in [-0.2, -0.15) is 0 Å². The third kappa shape index (κ3) is 29.9. The SMILES string of the molecule is CCCCCCC/C=C/C(O)C(COP(=O)(O)OCC[N+](C)(C)C)NC(=O)CCCCCCCCCCCCCCCCC. The van der Waals surface area contributed by atoms with Crippen molar-refractivity contribution in [3.8, 4) is 0 Å². The molecule has 0 saturated carbocycles. The number of amides is 1. The quantitative estimate of drug-likeness (QED) is 0.0292. The van der Waals surface area contributed by atoms with Crippen molar-refractivity contribution in [1.82, 2.24) is 5.32 Å². The molecule has 262 valence electrons. The van der Waals surface area contributed by atoms with Gasteiger partial charge in [-0.15, -0.1) is 0 Å². The Morgan fingerprint density at radius 2 is 1.20 bits per heavy atom. The van der Waals surface area contributed by atoms with Crippen molar-refractivity contribution in [3.63, 3.8) is 0 Å². The van der Waals surface area contributed by atoms with Crippen LogP contribution in [0.25, 0.3) is 0 Å². The van der Waals surface area contributed by atoms with Crippen LogP contribution in [0.1, 0.15) is 155 Å². The first kappa shape index (κ1) is 43.2. The molecule has 0 rings (SSSR count). The van der Waals surface area contributed by atoms with Crippen molar-refractivity contribution < 1.29 is 32.9 Å². The van der Waals surface area contributed by atoms with Gasteiger partial charge in [-0.25, -0.2) is 4.57 Å². The number of nitrogens with one attached hydrogen (secondary N) is 1. The number of carbonyl (C=O) groups is 1. The molecule has 0 heterocycles. The summed E-state index contributed by atoms with van der Waals surface area (Å²) in [5.41, 5.74) is 0. The minimum absolute atomic E-state index is 0.0635. The topological polar surface area (TPSA) is 105 Å². The normalized spacial score (nSPS) is 15.0. The first-order chi connectivity index (χ1) is 21.0. The number of carbonyl (C=O) groups excluding carboxylic acids is 1. The molecule has 0 spiro atoms. The minimum Gasteiger partial charge on any atom is -0.387 e. The van der Waals surface area contributed by atoms with Gasteiger partial charge in [0.15, 0.2) is 0 Å². The Bertz CT molecular complexity index is 743. The second kappa shape index (κ2) is 28.5. The Hall–Kier alpha value is -0.760. The Morgan fingerprint density at radius 3 is 1.68 bits per heavy atom. The maximum absolute atomic E-state index is 12.7. The van der Waals surface area contributed by atoms with Crippen LogP contribution < -0.4 is 5.32 Å². The Morgan fingerprint density at radius 1 is 0.750 bits per heavy atom. The maximum Gasteiger partial charge on any atom is 0.472 e. The monoisotopic (exact) mass is 648 g/mol. The fraction of sp³-hybridized carbons (Fsp3) is 0.914. The number of rotatable bonds is 32. The lowest BCUT2D eigenvalue weighted by Crippen LogP contribution is -2.45. The van der Waals surface area contributed by atoms with E-state index in [1.165, 1.54) is 96.3 Å².